The van der Waals surface area contributed by atoms with Crippen LogP contribution in [0.4, 0.5) is 0 Å². The summed E-state index contributed by atoms with van der Waals surface area (Å²) in [6.45, 7) is 2.67. The van der Waals surface area contributed by atoms with Crippen molar-refractivity contribution in [2.45, 2.75) is 25.7 Å². The average molecular weight is 251 g/mol. The lowest BCUT2D eigenvalue weighted by atomic mass is 9.96. The smallest absolute Gasteiger partial charge is 0.220 e. The molecule has 1 unspecified atom stereocenters. The van der Waals surface area contributed by atoms with Crippen molar-refractivity contribution in [3.05, 3.63) is 12.2 Å². The van der Waals surface area contributed by atoms with Crippen LogP contribution in [-0.4, -0.2) is 40.3 Å². The Morgan fingerprint density at radius 1 is 1.67 bits per heavy atom. The molecule has 1 aliphatic rings. The molecular formula is C12H21N5O. The summed E-state index contributed by atoms with van der Waals surface area (Å²) in [6, 6.07) is 0. The summed E-state index contributed by atoms with van der Waals surface area (Å²) in [4.78, 5) is 15.8. The normalized spacial score (nSPS) is 19.7. The molecule has 2 rings (SSSR count). The minimum absolute atomic E-state index is 0.139. The zero-order chi connectivity index (χ0) is 12.8. The summed E-state index contributed by atoms with van der Waals surface area (Å²) in [5, 5.41) is 10.4. The van der Waals surface area contributed by atoms with Gasteiger partial charge in [-0.05, 0) is 31.8 Å². The number of carbonyl (C=O) groups is 1. The Morgan fingerprint density at radius 2 is 2.56 bits per heavy atom. The van der Waals surface area contributed by atoms with Crippen molar-refractivity contribution in [3.63, 3.8) is 0 Å². The second kappa shape index (κ2) is 6.49. The molecule has 0 aliphatic carbocycles. The Kier molecular flexibility index (Phi) is 4.69. The summed E-state index contributed by atoms with van der Waals surface area (Å²) in [6.07, 6.45) is 5.32. The Hall–Kier alpha value is -1.43. The number of amides is 1. The molecule has 6 nitrogen and oxygen atoms in total. The highest BCUT2D eigenvalue weighted by molar-refractivity contribution is 5.76. The Morgan fingerprint density at radius 3 is 3.22 bits per heavy atom. The lowest BCUT2D eigenvalue weighted by molar-refractivity contribution is -0.122. The van der Waals surface area contributed by atoms with Crippen LogP contribution in [0.25, 0.3) is 0 Å². The maximum Gasteiger partial charge on any atom is 0.220 e. The van der Waals surface area contributed by atoms with Crippen LogP contribution in [0.1, 0.15) is 25.1 Å². The summed E-state index contributed by atoms with van der Waals surface area (Å²) < 4.78 is 1.67. The van der Waals surface area contributed by atoms with Gasteiger partial charge in [0, 0.05) is 26.4 Å². The molecule has 0 aromatic carbocycles. The minimum Gasteiger partial charge on any atom is -0.356 e. The van der Waals surface area contributed by atoms with Crippen molar-refractivity contribution >= 4 is 5.91 Å². The van der Waals surface area contributed by atoms with E-state index in [0.717, 1.165) is 25.3 Å². The first-order valence-corrected chi connectivity index (χ1v) is 6.56. The van der Waals surface area contributed by atoms with Gasteiger partial charge >= 0.3 is 0 Å². The molecule has 0 saturated carbocycles. The molecule has 0 bridgehead atoms. The van der Waals surface area contributed by atoms with E-state index >= 15 is 0 Å². The van der Waals surface area contributed by atoms with Gasteiger partial charge in [0.15, 0.2) is 5.82 Å². The third-order valence-electron chi connectivity index (χ3n) is 3.19. The molecular weight excluding hydrogens is 230 g/mol. The summed E-state index contributed by atoms with van der Waals surface area (Å²) >= 11 is 0. The molecule has 2 N–H and O–H groups in total. The van der Waals surface area contributed by atoms with Crippen LogP contribution in [0.2, 0.25) is 0 Å². The van der Waals surface area contributed by atoms with Gasteiger partial charge in [-0.1, -0.05) is 0 Å². The SMILES string of the molecule is Cn1cnc(CCNC(=O)CC2CCCNC2)n1. The average Bonchev–Trinajstić information content (AvgIpc) is 2.76. The third kappa shape index (κ3) is 4.10. The number of carbonyl (C=O) groups excluding carboxylic acids is 1. The van der Waals surface area contributed by atoms with E-state index in [4.69, 9.17) is 0 Å². The van der Waals surface area contributed by atoms with Crippen LogP contribution in [0.3, 0.4) is 0 Å². The van der Waals surface area contributed by atoms with Crippen molar-refractivity contribution in [3.8, 4) is 0 Å². The molecule has 1 saturated heterocycles. The Labute approximate surface area is 107 Å². The van der Waals surface area contributed by atoms with Crippen LogP contribution in [0.5, 0.6) is 0 Å². The van der Waals surface area contributed by atoms with Gasteiger partial charge in [0.25, 0.3) is 0 Å². The standard InChI is InChI=1S/C12H21N5O/c1-17-9-15-11(16-17)4-6-14-12(18)7-10-3-2-5-13-8-10/h9-10,13H,2-8H2,1H3,(H,14,18). The zero-order valence-corrected chi connectivity index (χ0v) is 10.9. The van der Waals surface area contributed by atoms with E-state index in [1.54, 1.807) is 11.0 Å². The van der Waals surface area contributed by atoms with Gasteiger partial charge in [-0.15, -0.1) is 0 Å². The second-order valence-electron chi connectivity index (χ2n) is 4.85. The monoisotopic (exact) mass is 251 g/mol. The van der Waals surface area contributed by atoms with Gasteiger partial charge in [0.2, 0.25) is 5.91 Å². The van der Waals surface area contributed by atoms with Crippen molar-refractivity contribution < 1.29 is 4.79 Å². The van der Waals surface area contributed by atoms with Gasteiger partial charge in [0.1, 0.15) is 6.33 Å². The molecule has 1 aliphatic heterocycles. The number of nitrogens with zero attached hydrogens (tertiary/aromatic N) is 3. The molecule has 18 heavy (non-hydrogen) atoms. The lowest BCUT2D eigenvalue weighted by Crippen LogP contribution is -2.34. The van der Waals surface area contributed by atoms with Gasteiger partial charge in [0.05, 0.1) is 0 Å². The van der Waals surface area contributed by atoms with Gasteiger partial charge in [-0.3, -0.25) is 9.48 Å². The zero-order valence-electron chi connectivity index (χ0n) is 10.9. The second-order valence-corrected chi connectivity index (χ2v) is 4.85. The van der Waals surface area contributed by atoms with Gasteiger partial charge in [-0.25, -0.2) is 4.98 Å². The number of aromatic nitrogens is 3. The quantitative estimate of drug-likeness (QED) is 0.764. The lowest BCUT2D eigenvalue weighted by Gasteiger charge is -2.21. The molecule has 0 spiro atoms. The van der Waals surface area contributed by atoms with E-state index in [1.807, 2.05) is 7.05 Å². The topological polar surface area (TPSA) is 71.8 Å². The molecule has 6 heteroatoms. The number of nitrogens with one attached hydrogen (secondary N) is 2. The first-order valence-electron chi connectivity index (χ1n) is 6.56. The molecule has 1 aromatic rings. The van der Waals surface area contributed by atoms with Crippen molar-refractivity contribution in [2.24, 2.45) is 13.0 Å². The minimum atomic E-state index is 0.139. The van der Waals surface area contributed by atoms with E-state index in [2.05, 4.69) is 20.7 Å². The molecule has 1 atom stereocenters. The third-order valence-corrected chi connectivity index (χ3v) is 3.19. The Balaban J connectivity index is 1.62. The molecule has 1 aromatic heterocycles. The van der Waals surface area contributed by atoms with E-state index in [-0.39, 0.29) is 5.91 Å². The van der Waals surface area contributed by atoms with Crippen LogP contribution >= 0.6 is 0 Å². The highest BCUT2D eigenvalue weighted by Crippen LogP contribution is 2.13. The predicted molar refractivity (Wildman–Crippen MR) is 67.9 cm³/mol. The van der Waals surface area contributed by atoms with Crippen molar-refractivity contribution in [1.82, 2.24) is 25.4 Å². The van der Waals surface area contributed by atoms with Gasteiger partial charge in [-0.2, -0.15) is 5.10 Å². The van der Waals surface area contributed by atoms with Crippen LogP contribution in [0.15, 0.2) is 6.33 Å². The summed E-state index contributed by atoms with van der Waals surface area (Å²) in [5.41, 5.74) is 0. The number of rotatable bonds is 5. The van der Waals surface area contributed by atoms with Crippen LogP contribution in [-0.2, 0) is 18.3 Å². The fourth-order valence-corrected chi connectivity index (χ4v) is 2.24. The molecule has 1 fully saturated rings. The van der Waals surface area contributed by atoms with Crippen molar-refractivity contribution in [1.29, 1.82) is 0 Å². The van der Waals surface area contributed by atoms with E-state index in [1.165, 1.54) is 6.42 Å². The highest BCUT2D eigenvalue weighted by atomic mass is 16.1. The molecule has 100 valence electrons. The van der Waals surface area contributed by atoms with E-state index < -0.39 is 0 Å². The number of aryl methyl sites for hydroxylation is 1. The number of hydrogen-bond acceptors (Lipinski definition) is 4. The summed E-state index contributed by atoms with van der Waals surface area (Å²) in [5.74, 6) is 1.41. The fourth-order valence-electron chi connectivity index (χ4n) is 2.24. The van der Waals surface area contributed by atoms with Gasteiger partial charge < -0.3 is 10.6 Å². The van der Waals surface area contributed by atoms with E-state index in [0.29, 0.717) is 25.3 Å². The molecule has 0 radical (unpaired) electrons. The largest absolute Gasteiger partial charge is 0.356 e. The molecule has 1 amide bonds. The van der Waals surface area contributed by atoms with Crippen LogP contribution < -0.4 is 10.6 Å². The maximum atomic E-state index is 11.7. The maximum absolute atomic E-state index is 11.7. The predicted octanol–water partition coefficient (Wildman–Crippen LogP) is -0.136. The fraction of sp³-hybridized carbons (Fsp3) is 0.750. The Bertz CT molecular complexity index is 384. The van der Waals surface area contributed by atoms with E-state index in [9.17, 15) is 4.79 Å². The molecule has 2 heterocycles. The van der Waals surface area contributed by atoms with Crippen molar-refractivity contribution in [2.75, 3.05) is 19.6 Å². The highest BCUT2D eigenvalue weighted by Gasteiger charge is 2.16. The summed E-state index contributed by atoms with van der Waals surface area (Å²) in [7, 11) is 1.84. The number of hydrogen-bond donors (Lipinski definition) is 2. The first-order chi connectivity index (χ1) is 8.74. The van der Waals surface area contributed by atoms with Crippen LogP contribution in [0, 0.1) is 5.92 Å². The first kappa shape index (κ1) is 13.0. The number of piperidine rings is 1.